The van der Waals surface area contributed by atoms with Crippen LogP contribution in [0, 0.1) is 10.1 Å². The minimum Gasteiger partial charge on any atom is -0.480 e. The second kappa shape index (κ2) is 10.1. The van der Waals surface area contributed by atoms with Crippen LogP contribution in [-0.2, 0) is 11.2 Å². The highest BCUT2D eigenvalue weighted by molar-refractivity contribution is 6.40. The smallest absolute Gasteiger partial charge is 0.326 e. The summed E-state index contributed by atoms with van der Waals surface area (Å²) in [6.45, 7) is 0. The number of nitro benzene ring substituents is 1. The number of nitro groups is 1. The number of carboxylic acid groups (broad SMARTS) is 1. The Labute approximate surface area is 192 Å². The fourth-order valence-corrected chi connectivity index (χ4v) is 3.43. The average molecular weight is 475 g/mol. The number of anilines is 2. The first-order valence-corrected chi connectivity index (χ1v) is 9.93. The van der Waals surface area contributed by atoms with Gasteiger partial charge in [0.25, 0.3) is 11.6 Å². The number of carbonyl (C=O) groups is 2. The van der Waals surface area contributed by atoms with E-state index in [1.165, 1.54) is 30.6 Å². The minimum atomic E-state index is -1.11. The molecule has 2 aromatic carbocycles. The van der Waals surface area contributed by atoms with Crippen molar-refractivity contribution >= 4 is 52.1 Å². The van der Waals surface area contributed by atoms with Gasteiger partial charge in [0.1, 0.15) is 6.04 Å². The van der Waals surface area contributed by atoms with E-state index in [0.717, 1.165) is 0 Å². The Bertz CT molecular complexity index is 1150. The van der Waals surface area contributed by atoms with Gasteiger partial charge in [-0.25, -0.2) is 4.79 Å². The summed E-state index contributed by atoms with van der Waals surface area (Å²) in [6.07, 6.45) is 2.73. The molecule has 1 heterocycles. The van der Waals surface area contributed by atoms with Crippen molar-refractivity contribution < 1.29 is 19.6 Å². The summed E-state index contributed by atoms with van der Waals surface area (Å²) < 4.78 is 0. The second-order valence-electron chi connectivity index (χ2n) is 6.68. The number of pyridine rings is 1. The summed E-state index contributed by atoms with van der Waals surface area (Å²) in [5.74, 6) is -1.62. The second-order valence-corrected chi connectivity index (χ2v) is 7.49. The minimum absolute atomic E-state index is 0.0968. The number of rotatable bonds is 8. The van der Waals surface area contributed by atoms with Crippen molar-refractivity contribution in [2.75, 3.05) is 10.6 Å². The molecule has 0 fully saturated rings. The summed E-state index contributed by atoms with van der Waals surface area (Å²) in [5, 5.41) is 26.1. The van der Waals surface area contributed by atoms with Crippen LogP contribution in [0.4, 0.5) is 17.1 Å². The summed E-state index contributed by atoms with van der Waals surface area (Å²) in [5.41, 5.74) is 1.41. The van der Waals surface area contributed by atoms with Crippen LogP contribution in [0.1, 0.15) is 15.9 Å². The molecule has 0 aliphatic heterocycles. The molecule has 0 saturated heterocycles. The van der Waals surface area contributed by atoms with Crippen molar-refractivity contribution in [3.63, 3.8) is 0 Å². The van der Waals surface area contributed by atoms with E-state index in [9.17, 15) is 24.8 Å². The highest BCUT2D eigenvalue weighted by atomic mass is 35.5. The van der Waals surface area contributed by atoms with Crippen LogP contribution in [0.25, 0.3) is 0 Å². The molecule has 1 atom stereocenters. The standard InChI is InChI=1S/C21H16Cl2N4O5/c22-16-10-24-11-17(23)19(16)20(28)26-13-6-4-12(5-7-13)8-18(21(29)30)25-14-2-1-3-15(9-14)27(31)32/h1-7,9-11,18,25H,8H2,(H,26,28)(H,29,30). The summed E-state index contributed by atoms with van der Waals surface area (Å²) >= 11 is 12.0. The van der Waals surface area contributed by atoms with Crippen molar-refractivity contribution in [3.8, 4) is 0 Å². The number of non-ortho nitro benzene ring substituents is 1. The lowest BCUT2D eigenvalue weighted by molar-refractivity contribution is -0.384. The highest BCUT2D eigenvalue weighted by Crippen LogP contribution is 2.24. The lowest BCUT2D eigenvalue weighted by Crippen LogP contribution is -2.31. The van der Waals surface area contributed by atoms with Crippen LogP contribution >= 0.6 is 23.2 Å². The van der Waals surface area contributed by atoms with Gasteiger partial charge in [0.15, 0.2) is 0 Å². The van der Waals surface area contributed by atoms with E-state index < -0.39 is 22.8 Å². The van der Waals surface area contributed by atoms with Gasteiger partial charge in [0.2, 0.25) is 0 Å². The molecule has 0 radical (unpaired) electrons. The summed E-state index contributed by atoms with van der Waals surface area (Å²) in [4.78, 5) is 38.3. The normalized spacial score (nSPS) is 11.4. The van der Waals surface area contributed by atoms with Gasteiger partial charge in [0.05, 0.1) is 20.5 Å². The number of nitrogens with zero attached hydrogens (tertiary/aromatic N) is 2. The maximum atomic E-state index is 12.4. The number of hydrogen-bond donors (Lipinski definition) is 3. The molecule has 0 bridgehead atoms. The molecule has 3 N–H and O–H groups in total. The Morgan fingerprint density at radius 1 is 1.06 bits per heavy atom. The molecular weight excluding hydrogens is 459 g/mol. The molecule has 0 aliphatic carbocycles. The molecule has 1 aromatic heterocycles. The van der Waals surface area contributed by atoms with Gasteiger partial charge in [-0.2, -0.15) is 0 Å². The first-order chi connectivity index (χ1) is 15.2. The Morgan fingerprint density at radius 3 is 2.31 bits per heavy atom. The number of amides is 1. The molecule has 32 heavy (non-hydrogen) atoms. The zero-order valence-electron chi connectivity index (χ0n) is 16.3. The summed E-state index contributed by atoms with van der Waals surface area (Å²) in [6, 6.07) is 11.1. The average Bonchev–Trinajstić information content (AvgIpc) is 2.74. The third-order valence-corrected chi connectivity index (χ3v) is 5.00. The van der Waals surface area contributed by atoms with Crippen molar-refractivity contribution in [1.29, 1.82) is 0 Å². The van der Waals surface area contributed by atoms with E-state index in [-0.39, 0.29) is 27.7 Å². The van der Waals surface area contributed by atoms with Gasteiger partial charge in [-0.15, -0.1) is 0 Å². The van der Waals surface area contributed by atoms with Crippen LogP contribution in [0.5, 0.6) is 0 Å². The van der Waals surface area contributed by atoms with E-state index in [4.69, 9.17) is 23.2 Å². The molecule has 3 aromatic rings. The molecule has 0 spiro atoms. The van der Waals surface area contributed by atoms with Crippen LogP contribution < -0.4 is 10.6 Å². The number of hydrogen-bond acceptors (Lipinski definition) is 6. The van der Waals surface area contributed by atoms with Crippen LogP contribution in [0.2, 0.25) is 10.0 Å². The molecule has 0 saturated carbocycles. The van der Waals surface area contributed by atoms with E-state index in [2.05, 4.69) is 15.6 Å². The topological polar surface area (TPSA) is 134 Å². The van der Waals surface area contributed by atoms with Crippen molar-refractivity contribution in [2.45, 2.75) is 12.5 Å². The molecule has 1 amide bonds. The SMILES string of the molecule is O=C(Nc1ccc(CC(Nc2cccc([N+](=O)[O-])c2)C(=O)O)cc1)c1c(Cl)cncc1Cl. The van der Waals surface area contributed by atoms with E-state index in [1.807, 2.05) is 0 Å². The van der Waals surface area contributed by atoms with Crippen molar-refractivity contribution in [2.24, 2.45) is 0 Å². The molecule has 3 rings (SSSR count). The van der Waals surface area contributed by atoms with Crippen molar-refractivity contribution in [1.82, 2.24) is 4.98 Å². The van der Waals surface area contributed by atoms with E-state index >= 15 is 0 Å². The van der Waals surface area contributed by atoms with Gasteiger partial charge >= 0.3 is 5.97 Å². The van der Waals surface area contributed by atoms with Gasteiger partial charge in [-0.1, -0.05) is 41.4 Å². The maximum absolute atomic E-state index is 12.4. The number of halogens is 2. The van der Waals surface area contributed by atoms with E-state index in [1.54, 1.807) is 30.3 Å². The van der Waals surface area contributed by atoms with Gasteiger partial charge in [-0.3, -0.25) is 19.9 Å². The predicted octanol–water partition coefficient (Wildman–Crippen LogP) is 4.66. The predicted molar refractivity (Wildman–Crippen MR) is 120 cm³/mol. The number of aromatic nitrogens is 1. The number of aliphatic carboxylic acids is 1. The highest BCUT2D eigenvalue weighted by Gasteiger charge is 2.19. The third kappa shape index (κ3) is 5.71. The fraction of sp³-hybridized carbons (Fsp3) is 0.0952. The lowest BCUT2D eigenvalue weighted by atomic mass is 10.0. The van der Waals surface area contributed by atoms with Gasteiger partial charge < -0.3 is 15.7 Å². The third-order valence-electron chi connectivity index (χ3n) is 4.43. The molecule has 11 heteroatoms. The molecular formula is C21H16Cl2N4O5. The largest absolute Gasteiger partial charge is 0.480 e. The quantitative estimate of drug-likeness (QED) is 0.319. The van der Waals surface area contributed by atoms with Gasteiger partial charge in [-0.05, 0) is 23.8 Å². The van der Waals surface area contributed by atoms with Crippen LogP contribution in [-0.4, -0.2) is 32.9 Å². The monoisotopic (exact) mass is 474 g/mol. The van der Waals surface area contributed by atoms with Crippen molar-refractivity contribution in [3.05, 3.63) is 92.2 Å². The number of carbonyl (C=O) groups excluding carboxylic acids is 1. The maximum Gasteiger partial charge on any atom is 0.326 e. The number of nitrogens with one attached hydrogen (secondary N) is 2. The van der Waals surface area contributed by atoms with Crippen LogP contribution in [0.15, 0.2) is 60.9 Å². The lowest BCUT2D eigenvalue weighted by Gasteiger charge is -2.16. The van der Waals surface area contributed by atoms with Gasteiger partial charge in [0, 0.05) is 42.3 Å². The first-order valence-electron chi connectivity index (χ1n) is 9.17. The van der Waals surface area contributed by atoms with Crippen LogP contribution in [0.3, 0.4) is 0 Å². The Hall–Kier alpha value is -3.69. The first kappa shape index (κ1) is 23.0. The fourth-order valence-electron chi connectivity index (χ4n) is 2.89. The molecule has 1 unspecified atom stereocenters. The van der Waals surface area contributed by atoms with E-state index in [0.29, 0.717) is 16.9 Å². The Balaban J connectivity index is 1.69. The Morgan fingerprint density at radius 2 is 1.72 bits per heavy atom. The molecule has 164 valence electrons. The molecule has 0 aliphatic rings. The number of carboxylic acids is 1. The molecule has 9 nitrogen and oxygen atoms in total. The summed E-state index contributed by atoms with van der Waals surface area (Å²) in [7, 11) is 0. The Kier molecular flexibility index (Phi) is 7.24. The number of benzene rings is 2. The zero-order chi connectivity index (χ0) is 23.3. The zero-order valence-corrected chi connectivity index (χ0v) is 17.8.